The molecule has 0 saturated carbocycles. The SMILES string of the molecule is Cc1ccc2nc(NC(=O)CSc3ccc4nnc(-c5ccccc5)n4n3)sc2c1. The first-order chi connectivity index (χ1) is 14.7. The number of aromatic nitrogens is 5. The van der Waals surface area contributed by atoms with E-state index in [9.17, 15) is 4.79 Å². The Labute approximate surface area is 180 Å². The van der Waals surface area contributed by atoms with Crippen molar-refractivity contribution in [3.05, 3.63) is 66.2 Å². The van der Waals surface area contributed by atoms with Crippen molar-refractivity contribution in [2.75, 3.05) is 11.1 Å². The quantitative estimate of drug-likeness (QED) is 0.413. The Kier molecular flexibility index (Phi) is 4.89. The Bertz CT molecular complexity index is 1360. The van der Waals surface area contributed by atoms with Gasteiger partial charge in [-0.05, 0) is 36.8 Å². The van der Waals surface area contributed by atoms with Gasteiger partial charge in [0.05, 0.1) is 16.0 Å². The van der Waals surface area contributed by atoms with E-state index in [0.29, 0.717) is 16.6 Å². The molecule has 0 aliphatic heterocycles. The van der Waals surface area contributed by atoms with Crippen molar-refractivity contribution in [2.45, 2.75) is 11.9 Å². The smallest absolute Gasteiger partial charge is 0.236 e. The number of anilines is 1. The van der Waals surface area contributed by atoms with Gasteiger partial charge in [0.2, 0.25) is 5.91 Å². The van der Waals surface area contributed by atoms with E-state index >= 15 is 0 Å². The fourth-order valence-electron chi connectivity index (χ4n) is 3.00. The Morgan fingerprint density at radius 3 is 2.83 bits per heavy atom. The van der Waals surface area contributed by atoms with Gasteiger partial charge in [-0.2, -0.15) is 9.61 Å². The van der Waals surface area contributed by atoms with Gasteiger partial charge < -0.3 is 5.32 Å². The monoisotopic (exact) mass is 432 g/mol. The molecule has 0 atom stereocenters. The molecule has 0 spiro atoms. The zero-order valence-corrected chi connectivity index (χ0v) is 17.6. The summed E-state index contributed by atoms with van der Waals surface area (Å²) in [7, 11) is 0. The molecule has 2 aromatic carbocycles. The van der Waals surface area contributed by atoms with Crippen LogP contribution in [0.15, 0.2) is 65.7 Å². The number of aryl methyl sites for hydroxylation is 1. The van der Waals surface area contributed by atoms with Crippen LogP contribution in [0.4, 0.5) is 5.13 Å². The minimum atomic E-state index is -0.121. The summed E-state index contributed by atoms with van der Waals surface area (Å²) in [6.45, 7) is 2.04. The molecule has 1 N–H and O–H groups in total. The van der Waals surface area contributed by atoms with Crippen LogP contribution < -0.4 is 5.32 Å². The third-order valence-corrected chi connectivity index (χ3v) is 6.27. The molecule has 0 saturated heterocycles. The van der Waals surface area contributed by atoms with Crippen LogP contribution in [0, 0.1) is 6.92 Å². The van der Waals surface area contributed by atoms with Crippen LogP contribution >= 0.6 is 23.1 Å². The summed E-state index contributed by atoms with van der Waals surface area (Å²) in [5.74, 6) is 0.781. The predicted molar refractivity (Wildman–Crippen MR) is 120 cm³/mol. The highest BCUT2D eigenvalue weighted by molar-refractivity contribution is 7.99. The largest absolute Gasteiger partial charge is 0.301 e. The number of hydrogen-bond acceptors (Lipinski definition) is 7. The van der Waals surface area contributed by atoms with E-state index in [0.717, 1.165) is 20.8 Å². The molecule has 30 heavy (non-hydrogen) atoms. The zero-order valence-electron chi connectivity index (χ0n) is 15.9. The molecule has 0 unspecified atom stereocenters. The van der Waals surface area contributed by atoms with Crippen molar-refractivity contribution >= 4 is 50.0 Å². The number of carbonyl (C=O) groups is 1. The molecule has 7 nitrogen and oxygen atoms in total. The summed E-state index contributed by atoms with van der Waals surface area (Å²) >= 11 is 2.83. The minimum Gasteiger partial charge on any atom is -0.301 e. The van der Waals surface area contributed by atoms with Crippen molar-refractivity contribution in [3.63, 3.8) is 0 Å². The van der Waals surface area contributed by atoms with E-state index in [1.807, 2.05) is 61.5 Å². The molecule has 0 fully saturated rings. The second-order valence-corrected chi connectivity index (χ2v) is 8.68. The van der Waals surface area contributed by atoms with E-state index in [4.69, 9.17) is 0 Å². The normalized spacial score (nSPS) is 11.2. The second kappa shape index (κ2) is 7.85. The fraction of sp³-hybridized carbons (Fsp3) is 0.0952. The van der Waals surface area contributed by atoms with Gasteiger partial charge in [-0.15, -0.1) is 10.2 Å². The standard InChI is InChI=1S/C21H16N6OS2/c1-13-7-8-15-16(11-13)30-21(22-15)23-18(28)12-29-19-10-9-17-24-25-20(27(17)26-19)14-5-3-2-4-6-14/h2-11H,12H2,1H3,(H,22,23,28). The van der Waals surface area contributed by atoms with Crippen LogP contribution in [-0.4, -0.2) is 36.5 Å². The van der Waals surface area contributed by atoms with E-state index in [1.165, 1.54) is 28.7 Å². The number of carbonyl (C=O) groups excluding carboxylic acids is 1. The van der Waals surface area contributed by atoms with Gasteiger partial charge in [0.15, 0.2) is 16.6 Å². The highest BCUT2D eigenvalue weighted by Crippen LogP contribution is 2.27. The molecule has 148 valence electrons. The average molecular weight is 433 g/mol. The van der Waals surface area contributed by atoms with Gasteiger partial charge in [0, 0.05) is 5.56 Å². The summed E-state index contributed by atoms with van der Waals surface area (Å²) in [5.41, 5.74) is 3.66. The summed E-state index contributed by atoms with van der Waals surface area (Å²) in [4.78, 5) is 16.9. The van der Waals surface area contributed by atoms with Crippen LogP contribution in [-0.2, 0) is 4.79 Å². The zero-order chi connectivity index (χ0) is 20.5. The lowest BCUT2D eigenvalue weighted by molar-refractivity contribution is -0.113. The van der Waals surface area contributed by atoms with Crippen LogP contribution in [0.1, 0.15) is 5.56 Å². The molecule has 9 heteroatoms. The van der Waals surface area contributed by atoms with Crippen molar-refractivity contribution < 1.29 is 4.79 Å². The van der Waals surface area contributed by atoms with Crippen LogP contribution in [0.3, 0.4) is 0 Å². The van der Waals surface area contributed by atoms with Crippen LogP contribution in [0.5, 0.6) is 0 Å². The number of amides is 1. The minimum absolute atomic E-state index is 0.121. The number of benzene rings is 2. The number of nitrogens with one attached hydrogen (secondary N) is 1. The summed E-state index contributed by atoms with van der Waals surface area (Å²) in [6.07, 6.45) is 0. The topological polar surface area (TPSA) is 85.1 Å². The number of thioether (sulfide) groups is 1. The maximum Gasteiger partial charge on any atom is 0.236 e. The van der Waals surface area contributed by atoms with Gasteiger partial charge in [-0.3, -0.25) is 4.79 Å². The maximum absolute atomic E-state index is 12.4. The molecule has 0 aliphatic rings. The average Bonchev–Trinajstić information content (AvgIpc) is 3.35. The van der Waals surface area contributed by atoms with E-state index in [-0.39, 0.29) is 11.7 Å². The molecule has 5 aromatic rings. The van der Waals surface area contributed by atoms with E-state index < -0.39 is 0 Å². The molecule has 0 radical (unpaired) electrons. The second-order valence-electron chi connectivity index (χ2n) is 6.66. The van der Waals surface area contributed by atoms with Crippen molar-refractivity contribution in [1.82, 2.24) is 24.8 Å². The first kappa shape index (κ1) is 18.7. The van der Waals surface area contributed by atoms with Gasteiger partial charge in [0.25, 0.3) is 0 Å². The predicted octanol–water partition coefficient (Wildman–Crippen LogP) is 4.44. The molecule has 5 rings (SSSR count). The number of fused-ring (bicyclic) bond motifs is 2. The highest BCUT2D eigenvalue weighted by atomic mass is 32.2. The third-order valence-electron chi connectivity index (χ3n) is 4.41. The first-order valence-corrected chi connectivity index (χ1v) is 11.0. The molecular weight excluding hydrogens is 416 g/mol. The summed E-state index contributed by atoms with van der Waals surface area (Å²) in [6, 6.07) is 19.5. The molecular formula is C21H16N6OS2. The maximum atomic E-state index is 12.4. The molecule has 0 bridgehead atoms. The van der Waals surface area contributed by atoms with E-state index in [1.54, 1.807) is 4.52 Å². The van der Waals surface area contributed by atoms with Gasteiger partial charge in [0.1, 0.15) is 5.03 Å². The lowest BCUT2D eigenvalue weighted by Gasteiger charge is -2.03. The lowest BCUT2D eigenvalue weighted by Crippen LogP contribution is -2.14. The Hall–Kier alpha value is -3.30. The van der Waals surface area contributed by atoms with Crippen molar-refractivity contribution in [2.24, 2.45) is 0 Å². The number of thiazole rings is 1. The number of rotatable bonds is 5. The molecule has 3 heterocycles. The Morgan fingerprint density at radius 2 is 1.97 bits per heavy atom. The van der Waals surface area contributed by atoms with Crippen LogP contribution in [0.25, 0.3) is 27.3 Å². The Morgan fingerprint density at radius 1 is 1.10 bits per heavy atom. The third kappa shape index (κ3) is 3.77. The molecule has 1 amide bonds. The lowest BCUT2D eigenvalue weighted by atomic mass is 10.2. The van der Waals surface area contributed by atoms with Gasteiger partial charge in [-0.25, -0.2) is 4.98 Å². The highest BCUT2D eigenvalue weighted by Gasteiger charge is 2.12. The van der Waals surface area contributed by atoms with Gasteiger partial charge >= 0.3 is 0 Å². The van der Waals surface area contributed by atoms with Gasteiger partial charge in [-0.1, -0.05) is 59.5 Å². The van der Waals surface area contributed by atoms with E-state index in [2.05, 4.69) is 31.7 Å². The summed E-state index contributed by atoms with van der Waals surface area (Å²) < 4.78 is 2.76. The Balaban J connectivity index is 1.30. The number of hydrogen-bond donors (Lipinski definition) is 1. The molecule has 3 aromatic heterocycles. The number of nitrogens with zero attached hydrogens (tertiary/aromatic N) is 5. The van der Waals surface area contributed by atoms with Crippen molar-refractivity contribution in [3.8, 4) is 11.4 Å². The first-order valence-electron chi connectivity index (χ1n) is 9.23. The molecule has 0 aliphatic carbocycles. The fourth-order valence-corrected chi connectivity index (χ4v) is 4.63. The van der Waals surface area contributed by atoms with Crippen LogP contribution in [0.2, 0.25) is 0 Å². The van der Waals surface area contributed by atoms with Crippen molar-refractivity contribution in [1.29, 1.82) is 0 Å². The summed E-state index contributed by atoms with van der Waals surface area (Å²) in [5, 5.41) is 17.2.